The van der Waals surface area contributed by atoms with Crippen LogP contribution in [0.25, 0.3) is 0 Å². The van der Waals surface area contributed by atoms with E-state index in [0.29, 0.717) is 10.8 Å². The largest absolute Gasteiger partial charge is 0.481 e. The Morgan fingerprint density at radius 2 is 2.18 bits per heavy atom. The van der Waals surface area contributed by atoms with Crippen molar-refractivity contribution in [2.75, 3.05) is 18.1 Å². The highest BCUT2D eigenvalue weighted by Gasteiger charge is 2.57. The lowest BCUT2D eigenvalue weighted by Crippen LogP contribution is -2.74. The maximum Gasteiger partial charge on any atom is 0.436 e. The minimum Gasteiger partial charge on any atom is -0.481 e. The van der Waals surface area contributed by atoms with Crippen molar-refractivity contribution in [3.8, 4) is 0 Å². The summed E-state index contributed by atoms with van der Waals surface area (Å²) in [7, 11) is 0. The molecule has 0 aliphatic carbocycles. The molecule has 2 saturated heterocycles. The van der Waals surface area contributed by atoms with Crippen LogP contribution in [0.2, 0.25) is 0 Å². The van der Waals surface area contributed by atoms with Crippen LogP contribution in [0.1, 0.15) is 39.0 Å². The summed E-state index contributed by atoms with van der Waals surface area (Å²) in [4.78, 5) is 57.8. The first-order chi connectivity index (χ1) is 17.9. The van der Waals surface area contributed by atoms with E-state index in [9.17, 15) is 29.4 Å². The number of H-pyrrole nitrogens is 1. The number of thioether (sulfide) groups is 2. The number of aliphatic hydroxyl groups is 1. The van der Waals surface area contributed by atoms with Gasteiger partial charge < -0.3 is 30.2 Å². The number of nitrogens with one attached hydrogen (secondary N) is 2. The molecule has 4 heterocycles. The minimum atomic E-state index is -1.63. The number of aliphatic carboxylic acids is 1. The minimum absolute atomic E-state index is 0.00761. The average molecular weight is 603 g/mol. The molecule has 17 heteroatoms. The van der Waals surface area contributed by atoms with Gasteiger partial charge in [0, 0.05) is 23.4 Å². The highest BCUT2D eigenvalue weighted by Crippen LogP contribution is 2.44. The number of ether oxygens (including phenoxy) is 1. The fourth-order valence-electron chi connectivity index (χ4n) is 3.61. The van der Waals surface area contributed by atoms with Gasteiger partial charge in [-0.05, 0) is 20.3 Å². The molecule has 2 aliphatic rings. The molecule has 0 aromatic carbocycles. The molecule has 3 unspecified atom stereocenters. The Morgan fingerprint density at radius 3 is 2.84 bits per heavy atom. The number of aliphatic hydroxyl groups excluding tert-OH is 1. The number of aromatic amines is 1. The van der Waals surface area contributed by atoms with E-state index < -0.39 is 52.4 Å². The summed E-state index contributed by atoms with van der Waals surface area (Å²) in [6.07, 6.45) is -1.83. The van der Waals surface area contributed by atoms with Crippen LogP contribution in [0, 0.1) is 5.41 Å². The van der Waals surface area contributed by atoms with Crippen LogP contribution in [-0.2, 0) is 19.1 Å². The molecule has 0 radical (unpaired) electrons. The van der Waals surface area contributed by atoms with E-state index in [4.69, 9.17) is 4.74 Å². The average Bonchev–Trinajstić information content (AvgIpc) is 3.57. The normalized spacial score (nSPS) is 24.4. The Morgan fingerprint density at radius 1 is 1.42 bits per heavy atom. The summed E-state index contributed by atoms with van der Waals surface area (Å²) in [6, 6.07) is -0.890. The molecule has 38 heavy (non-hydrogen) atoms. The van der Waals surface area contributed by atoms with Gasteiger partial charge in [-0.1, -0.05) is 30.0 Å². The topological polar surface area (TPSA) is 187 Å². The van der Waals surface area contributed by atoms with Crippen molar-refractivity contribution in [3.63, 3.8) is 0 Å². The molecule has 4 N–H and O–H groups in total. The van der Waals surface area contributed by atoms with Crippen molar-refractivity contribution in [2.24, 2.45) is 10.4 Å². The summed E-state index contributed by atoms with van der Waals surface area (Å²) >= 11 is 4.88. The Hall–Kier alpha value is -2.47. The smallest absolute Gasteiger partial charge is 0.436 e. The standard InChI is InChI=1S/C21H26N6O7S4/c1-4-20(2,3)34-18(33)25-17-23-10(5-35-17)12(28)13(29)24-11-14(30)27-6-21(16(31)32,7-36-15(11)27)8-37-19-26-22-9-38-19/h5,9,11-12,15,28H,4,6-8H2,1-3H3,(H,24,29)(H,31,32)(H,23,25,33)/t11?,12?,15-,21?/m1/s1. The molecule has 0 bridgehead atoms. The molecule has 4 atom stereocenters. The van der Waals surface area contributed by atoms with Gasteiger partial charge in [0.15, 0.2) is 15.2 Å². The van der Waals surface area contributed by atoms with Gasteiger partial charge in [-0.3, -0.25) is 14.4 Å². The number of rotatable bonds is 9. The monoisotopic (exact) mass is 602 g/mol. The van der Waals surface area contributed by atoms with Crippen LogP contribution >= 0.6 is 46.2 Å². The third kappa shape index (κ3) is 6.06. The molecule has 0 spiro atoms. The van der Waals surface area contributed by atoms with Gasteiger partial charge in [0.05, 0.1) is 5.69 Å². The second-order valence-corrected chi connectivity index (χ2v) is 13.4. The van der Waals surface area contributed by atoms with E-state index in [0.717, 1.165) is 11.3 Å². The van der Waals surface area contributed by atoms with E-state index in [1.54, 1.807) is 19.4 Å². The van der Waals surface area contributed by atoms with Crippen molar-refractivity contribution in [1.82, 2.24) is 25.4 Å². The second-order valence-electron chi connectivity index (χ2n) is 9.35. The zero-order valence-corrected chi connectivity index (χ0v) is 23.8. The first-order valence-corrected chi connectivity index (χ1v) is 15.2. The van der Waals surface area contributed by atoms with E-state index in [1.165, 1.54) is 45.1 Å². The predicted molar refractivity (Wildman–Crippen MR) is 141 cm³/mol. The first-order valence-electron chi connectivity index (χ1n) is 11.4. The van der Waals surface area contributed by atoms with Crippen molar-refractivity contribution in [1.29, 1.82) is 0 Å². The number of fused-ring (bicyclic) bond motifs is 1. The molecule has 13 nitrogen and oxygen atoms in total. The lowest BCUT2D eigenvalue weighted by molar-refractivity contribution is -0.158. The van der Waals surface area contributed by atoms with E-state index >= 15 is 0 Å². The van der Waals surface area contributed by atoms with E-state index in [2.05, 4.69) is 25.5 Å². The number of thiazole rings is 1. The third-order valence-corrected chi connectivity index (χ3v) is 10.7. The Bertz CT molecular complexity index is 1280. The number of carboxylic acid groups (broad SMARTS) is 1. The van der Waals surface area contributed by atoms with Gasteiger partial charge in [-0.25, -0.2) is 4.79 Å². The molecule has 3 amide bonds. The summed E-state index contributed by atoms with van der Waals surface area (Å²) in [5.41, 5.74) is -0.177. The van der Waals surface area contributed by atoms with Crippen molar-refractivity contribution in [3.05, 3.63) is 21.4 Å². The lowest BCUT2D eigenvalue weighted by Gasteiger charge is -2.53. The molecular formula is C21H26N6O7S4. The van der Waals surface area contributed by atoms with Gasteiger partial charge in [-0.15, -0.1) is 38.3 Å². The molecule has 4 rings (SSSR count). The number of hydrogen-bond acceptors (Lipinski definition) is 12. The van der Waals surface area contributed by atoms with Gasteiger partial charge in [-0.2, -0.15) is 0 Å². The van der Waals surface area contributed by atoms with Crippen molar-refractivity contribution >= 4 is 70.1 Å². The van der Waals surface area contributed by atoms with Gasteiger partial charge >= 0.3 is 12.1 Å². The Kier molecular flexibility index (Phi) is 8.51. The molecule has 2 aromatic rings. The van der Waals surface area contributed by atoms with Crippen LogP contribution in [0.4, 0.5) is 4.79 Å². The fourth-order valence-corrected chi connectivity index (χ4v) is 7.69. The van der Waals surface area contributed by atoms with Crippen LogP contribution in [0.5, 0.6) is 0 Å². The Labute approximate surface area is 233 Å². The zero-order valence-electron chi connectivity index (χ0n) is 20.6. The number of carboxylic acids is 1. The van der Waals surface area contributed by atoms with Crippen LogP contribution in [-0.4, -0.2) is 89.2 Å². The molecule has 206 valence electrons. The molecular weight excluding hydrogens is 577 g/mol. The number of β-lactam (4-membered cyclic amide) rings is 1. The second kappa shape index (κ2) is 11.3. The molecule has 2 fully saturated rings. The van der Waals surface area contributed by atoms with Crippen LogP contribution in [0.3, 0.4) is 0 Å². The van der Waals surface area contributed by atoms with Gasteiger partial charge in [0.1, 0.15) is 27.9 Å². The number of carbonyl (C=O) groups is 4. The zero-order chi connectivity index (χ0) is 27.7. The summed E-state index contributed by atoms with van der Waals surface area (Å²) in [5, 5.41) is 31.7. The third-order valence-electron chi connectivity index (χ3n) is 6.21. The number of hydrogen-bond donors (Lipinski definition) is 4. The number of aromatic nitrogens is 3. The predicted octanol–water partition coefficient (Wildman–Crippen LogP) is 1.45. The summed E-state index contributed by atoms with van der Waals surface area (Å²) in [6.45, 7) is 5.39. The lowest BCUT2D eigenvalue weighted by atomic mass is 9.89. The Balaban J connectivity index is 1.35. The van der Waals surface area contributed by atoms with Crippen molar-refractivity contribution < 1.29 is 34.1 Å². The summed E-state index contributed by atoms with van der Waals surface area (Å²) in [5.74, 6) is -1.76. The SMILES string of the molecule is CCC(C)(C)OC(=O)N=c1[nH]c(C(O)C(=O)NC2C(=O)N3CC(CSc4nncs4)(C(=O)O)CS[C@H]23)cs1. The number of carbonyl (C=O) groups excluding carboxylic acids is 3. The van der Waals surface area contributed by atoms with Gasteiger partial charge in [0.25, 0.3) is 5.91 Å². The molecule has 2 aliphatic heterocycles. The van der Waals surface area contributed by atoms with Crippen LogP contribution < -0.4 is 10.1 Å². The summed E-state index contributed by atoms with van der Waals surface area (Å²) < 4.78 is 5.91. The quantitative estimate of drug-likeness (QED) is 0.240. The molecule has 2 aromatic heterocycles. The number of nitrogens with zero attached hydrogens (tertiary/aromatic N) is 4. The van der Waals surface area contributed by atoms with Crippen LogP contribution in [0.15, 0.2) is 20.2 Å². The van der Waals surface area contributed by atoms with Crippen molar-refractivity contribution in [2.45, 2.75) is 54.7 Å². The first kappa shape index (κ1) is 28.5. The van der Waals surface area contributed by atoms with E-state index in [1.807, 2.05) is 6.92 Å². The highest BCUT2D eigenvalue weighted by atomic mass is 32.2. The van der Waals surface area contributed by atoms with E-state index in [-0.39, 0.29) is 28.5 Å². The highest BCUT2D eigenvalue weighted by molar-refractivity contribution is 8.01. The fraction of sp³-hybridized carbons (Fsp3) is 0.571. The number of amides is 3. The maximum atomic E-state index is 12.8. The van der Waals surface area contributed by atoms with Gasteiger partial charge in [0.2, 0.25) is 5.91 Å². The maximum absolute atomic E-state index is 12.8. The molecule has 0 saturated carbocycles.